The molecular weight excluding hydrogens is 278 g/mol. The fourth-order valence-corrected chi connectivity index (χ4v) is 1.71. The highest BCUT2D eigenvalue weighted by atomic mass is 35.5. The first-order chi connectivity index (χ1) is 9.63. The number of rotatable bonds is 2. The molecule has 5 nitrogen and oxygen atoms in total. The lowest BCUT2D eigenvalue weighted by Gasteiger charge is -2.08. The number of carbonyl (C=O) groups excluding carboxylic acids is 2. The number of imide groups is 1. The highest BCUT2D eigenvalue weighted by molar-refractivity contribution is 6.30. The van der Waals surface area contributed by atoms with E-state index in [2.05, 4.69) is 16.0 Å². The largest absolute Gasteiger partial charge is 0.327 e. The molecule has 0 aromatic heterocycles. The van der Waals surface area contributed by atoms with Gasteiger partial charge in [0.25, 0.3) is 0 Å². The fraction of sp³-hybridized carbons (Fsp3) is 0. The van der Waals surface area contributed by atoms with Crippen molar-refractivity contribution in [2.24, 2.45) is 0 Å². The van der Waals surface area contributed by atoms with Crippen LogP contribution in [0.5, 0.6) is 0 Å². The van der Waals surface area contributed by atoms with Crippen LogP contribution < -0.4 is 16.0 Å². The molecular formula is C14H12ClN3O2. The van der Waals surface area contributed by atoms with Gasteiger partial charge in [-0.05, 0) is 30.3 Å². The molecule has 6 heteroatoms. The van der Waals surface area contributed by atoms with Crippen molar-refractivity contribution in [3.05, 3.63) is 59.6 Å². The monoisotopic (exact) mass is 289 g/mol. The minimum Gasteiger partial charge on any atom is -0.308 e. The van der Waals surface area contributed by atoms with Gasteiger partial charge in [0.2, 0.25) is 0 Å². The number of halogens is 1. The molecule has 0 unspecified atom stereocenters. The van der Waals surface area contributed by atoms with Crippen LogP contribution in [0.15, 0.2) is 54.6 Å². The van der Waals surface area contributed by atoms with Crippen LogP contribution >= 0.6 is 11.6 Å². The topological polar surface area (TPSA) is 70.2 Å². The molecule has 102 valence electrons. The quantitative estimate of drug-likeness (QED) is 0.789. The van der Waals surface area contributed by atoms with E-state index in [1.807, 2.05) is 6.07 Å². The molecule has 2 aromatic carbocycles. The minimum absolute atomic E-state index is 0.497. The van der Waals surface area contributed by atoms with E-state index in [0.717, 1.165) is 0 Å². The summed E-state index contributed by atoms with van der Waals surface area (Å²) in [6.07, 6.45) is 0. The molecule has 0 heterocycles. The molecule has 0 fully saturated rings. The van der Waals surface area contributed by atoms with Crippen molar-refractivity contribution in [3.63, 3.8) is 0 Å². The van der Waals surface area contributed by atoms with E-state index in [1.165, 1.54) is 0 Å². The fourth-order valence-electron chi connectivity index (χ4n) is 1.52. The lowest BCUT2D eigenvalue weighted by atomic mass is 10.3. The van der Waals surface area contributed by atoms with Crippen LogP contribution in [0.1, 0.15) is 0 Å². The molecule has 0 radical (unpaired) electrons. The Bertz CT molecular complexity index is 617. The molecule has 2 rings (SSSR count). The Morgan fingerprint density at radius 2 is 1.40 bits per heavy atom. The summed E-state index contributed by atoms with van der Waals surface area (Å²) < 4.78 is 0. The van der Waals surface area contributed by atoms with Gasteiger partial charge in [-0.2, -0.15) is 0 Å². The van der Waals surface area contributed by atoms with E-state index in [-0.39, 0.29) is 0 Å². The summed E-state index contributed by atoms with van der Waals surface area (Å²) in [5.74, 6) is 0. The van der Waals surface area contributed by atoms with Gasteiger partial charge in [0.05, 0.1) is 0 Å². The number of carbonyl (C=O) groups is 2. The Labute approximate surface area is 120 Å². The number of amides is 4. The highest BCUT2D eigenvalue weighted by Crippen LogP contribution is 2.14. The Morgan fingerprint density at radius 3 is 2.05 bits per heavy atom. The van der Waals surface area contributed by atoms with Gasteiger partial charge in [0, 0.05) is 16.4 Å². The van der Waals surface area contributed by atoms with Gasteiger partial charge in [-0.25, -0.2) is 9.59 Å². The van der Waals surface area contributed by atoms with E-state index >= 15 is 0 Å². The van der Waals surface area contributed by atoms with Crippen molar-refractivity contribution in [1.29, 1.82) is 0 Å². The molecule has 0 aliphatic carbocycles. The predicted molar refractivity (Wildman–Crippen MR) is 79.1 cm³/mol. The normalized spacial score (nSPS) is 9.65. The predicted octanol–water partition coefficient (Wildman–Crippen LogP) is 3.69. The van der Waals surface area contributed by atoms with Crippen molar-refractivity contribution in [3.8, 4) is 0 Å². The van der Waals surface area contributed by atoms with Gasteiger partial charge in [-0.3, -0.25) is 5.32 Å². The Morgan fingerprint density at radius 1 is 0.800 bits per heavy atom. The minimum atomic E-state index is -0.638. The average Bonchev–Trinajstić information content (AvgIpc) is 2.39. The highest BCUT2D eigenvalue weighted by Gasteiger charge is 2.07. The first-order valence-electron chi connectivity index (χ1n) is 5.83. The van der Waals surface area contributed by atoms with Crippen LogP contribution in [-0.4, -0.2) is 12.1 Å². The Balaban J connectivity index is 1.87. The SMILES string of the molecule is O=C(NC(=O)Nc1cccc(Cl)c1)Nc1ccccc1. The maximum Gasteiger partial charge on any atom is 0.327 e. The molecule has 0 aliphatic heterocycles. The number of hydrogen-bond donors (Lipinski definition) is 3. The van der Waals surface area contributed by atoms with Gasteiger partial charge in [-0.1, -0.05) is 35.9 Å². The van der Waals surface area contributed by atoms with Gasteiger partial charge in [0.15, 0.2) is 0 Å². The summed E-state index contributed by atoms with van der Waals surface area (Å²) >= 11 is 5.79. The van der Waals surface area contributed by atoms with Crippen LogP contribution in [0.3, 0.4) is 0 Å². The second kappa shape index (κ2) is 6.58. The summed E-state index contributed by atoms with van der Waals surface area (Å²) in [5.41, 5.74) is 1.10. The Kier molecular flexibility index (Phi) is 4.57. The first-order valence-corrected chi connectivity index (χ1v) is 6.21. The number of nitrogens with one attached hydrogen (secondary N) is 3. The van der Waals surface area contributed by atoms with Gasteiger partial charge < -0.3 is 10.6 Å². The average molecular weight is 290 g/mol. The summed E-state index contributed by atoms with van der Waals surface area (Å²) in [6.45, 7) is 0. The van der Waals surface area contributed by atoms with Gasteiger partial charge in [-0.15, -0.1) is 0 Å². The molecule has 0 atom stereocenters. The molecule has 0 aliphatic rings. The van der Waals surface area contributed by atoms with Crippen LogP contribution in [0.25, 0.3) is 0 Å². The number of anilines is 2. The number of urea groups is 2. The van der Waals surface area contributed by atoms with Crippen molar-refractivity contribution in [1.82, 2.24) is 5.32 Å². The lowest BCUT2D eigenvalue weighted by molar-refractivity contribution is 0.240. The van der Waals surface area contributed by atoms with Crippen LogP contribution in [0.2, 0.25) is 5.02 Å². The molecule has 4 amide bonds. The third-order valence-electron chi connectivity index (χ3n) is 2.34. The van der Waals surface area contributed by atoms with Gasteiger partial charge in [0.1, 0.15) is 0 Å². The van der Waals surface area contributed by atoms with Crippen molar-refractivity contribution in [2.45, 2.75) is 0 Å². The first kappa shape index (κ1) is 13.9. The maximum absolute atomic E-state index is 11.6. The molecule has 20 heavy (non-hydrogen) atoms. The van der Waals surface area contributed by atoms with E-state index < -0.39 is 12.1 Å². The standard InChI is InChI=1S/C14H12ClN3O2/c15-10-5-4-8-12(9-10)17-14(20)18-13(19)16-11-6-2-1-3-7-11/h1-9H,(H3,16,17,18,19,20). The van der Waals surface area contributed by atoms with Crippen molar-refractivity contribution < 1.29 is 9.59 Å². The van der Waals surface area contributed by atoms with Crippen LogP contribution in [0, 0.1) is 0 Å². The summed E-state index contributed by atoms with van der Waals surface area (Å²) in [5, 5.41) is 7.69. The zero-order valence-electron chi connectivity index (χ0n) is 10.4. The number of benzene rings is 2. The van der Waals surface area contributed by atoms with E-state index in [1.54, 1.807) is 48.5 Å². The summed E-state index contributed by atoms with van der Waals surface area (Å²) in [7, 11) is 0. The van der Waals surface area contributed by atoms with Crippen molar-refractivity contribution >= 4 is 35.0 Å². The lowest BCUT2D eigenvalue weighted by Crippen LogP contribution is -2.37. The van der Waals surface area contributed by atoms with Crippen LogP contribution in [-0.2, 0) is 0 Å². The van der Waals surface area contributed by atoms with E-state index in [4.69, 9.17) is 11.6 Å². The van der Waals surface area contributed by atoms with Gasteiger partial charge >= 0.3 is 12.1 Å². The van der Waals surface area contributed by atoms with Crippen LogP contribution in [0.4, 0.5) is 21.0 Å². The second-order valence-electron chi connectivity index (χ2n) is 3.91. The second-order valence-corrected chi connectivity index (χ2v) is 4.35. The molecule has 2 aromatic rings. The number of para-hydroxylation sites is 1. The molecule has 0 spiro atoms. The third-order valence-corrected chi connectivity index (χ3v) is 2.58. The zero-order valence-corrected chi connectivity index (χ0v) is 11.1. The summed E-state index contributed by atoms with van der Waals surface area (Å²) in [6, 6.07) is 14.2. The third kappa shape index (κ3) is 4.29. The van der Waals surface area contributed by atoms with E-state index in [0.29, 0.717) is 16.4 Å². The molecule has 0 saturated heterocycles. The van der Waals surface area contributed by atoms with Crippen molar-refractivity contribution in [2.75, 3.05) is 10.6 Å². The molecule has 0 bridgehead atoms. The molecule has 0 saturated carbocycles. The Hall–Kier alpha value is -2.53. The summed E-state index contributed by atoms with van der Waals surface area (Å²) in [4.78, 5) is 23.2. The zero-order chi connectivity index (χ0) is 14.4. The smallest absolute Gasteiger partial charge is 0.308 e. The number of hydrogen-bond acceptors (Lipinski definition) is 2. The maximum atomic E-state index is 11.6. The molecule has 3 N–H and O–H groups in total. The van der Waals surface area contributed by atoms with E-state index in [9.17, 15) is 9.59 Å².